The highest BCUT2D eigenvalue weighted by Gasteiger charge is 2.38. The lowest BCUT2D eigenvalue weighted by molar-refractivity contribution is -0.114. The lowest BCUT2D eigenvalue weighted by Crippen LogP contribution is -2.15. The Balaban J connectivity index is 2.28. The number of anilines is 2. The number of aromatic nitrogens is 2. The Bertz CT molecular complexity index is 597. The minimum Gasteiger partial charge on any atom is -0.374 e. The van der Waals surface area contributed by atoms with Gasteiger partial charge in [0.1, 0.15) is 0 Å². The van der Waals surface area contributed by atoms with Gasteiger partial charge in [0, 0.05) is 18.2 Å². The van der Waals surface area contributed by atoms with Gasteiger partial charge in [0.05, 0.1) is 0 Å². The number of amides is 1. The number of nitrogen functional groups attached to an aromatic ring is 1. The molecule has 2 rings (SSSR count). The number of benzene rings is 1. The van der Waals surface area contributed by atoms with E-state index in [1.165, 1.54) is 31.2 Å². The molecule has 0 aliphatic heterocycles. The summed E-state index contributed by atoms with van der Waals surface area (Å²) in [6.45, 7) is 1.34. The summed E-state index contributed by atoms with van der Waals surface area (Å²) < 4.78 is 28.1. The Morgan fingerprint density at radius 1 is 1.32 bits per heavy atom. The number of alkyl halides is 2. The van der Waals surface area contributed by atoms with E-state index in [2.05, 4.69) is 15.5 Å². The van der Waals surface area contributed by atoms with E-state index >= 15 is 0 Å². The zero-order valence-electron chi connectivity index (χ0n) is 9.85. The standard InChI is InChI=1S/C11H10F2N4OS/c1-6(18)15-8-4-2-7(3-5-8)11(12,13)9-16-17-10(14)19-9/h2-5H,1H3,(H2,14,17)(H,15,18). The molecule has 0 unspecified atom stereocenters. The van der Waals surface area contributed by atoms with Crippen LogP contribution >= 0.6 is 11.3 Å². The zero-order valence-corrected chi connectivity index (χ0v) is 10.7. The van der Waals surface area contributed by atoms with Gasteiger partial charge in [0.15, 0.2) is 5.01 Å². The van der Waals surface area contributed by atoms with Gasteiger partial charge in [0.2, 0.25) is 11.0 Å². The van der Waals surface area contributed by atoms with Gasteiger partial charge in [-0.15, -0.1) is 10.2 Å². The Morgan fingerprint density at radius 3 is 2.42 bits per heavy atom. The third-order valence-electron chi connectivity index (χ3n) is 2.28. The van der Waals surface area contributed by atoms with Crippen LogP contribution in [0.4, 0.5) is 19.6 Å². The topological polar surface area (TPSA) is 80.9 Å². The Hall–Kier alpha value is -2.09. The maximum atomic E-state index is 14.1. The third kappa shape index (κ3) is 2.84. The summed E-state index contributed by atoms with van der Waals surface area (Å²) in [7, 11) is 0. The first kappa shape index (κ1) is 13.3. The van der Waals surface area contributed by atoms with E-state index in [4.69, 9.17) is 5.73 Å². The number of rotatable bonds is 3. The van der Waals surface area contributed by atoms with Gasteiger partial charge in [-0.2, -0.15) is 8.78 Å². The lowest BCUT2D eigenvalue weighted by atomic mass is 10.1. The molecule has 0 radical (unpaired) electrons. The van der Waals surface area contributed by atoms with E-state index in [1.807, 2.05) is 0 Å². The fourth-order valence-electron chi connectivity index (χ4n) is 1.45. The van der Waals surface area contributed by atoms with Crippen LogP contribution in [-0.4, -0.2) is 16.1 Å². The number of nitrogens with one attached hydrogen (secondary N) is 1. The number of hydrogen-bond donors (Lipinski definition) is 2. The molecule has 3 N–H and O–H groups in total. The quantitative estimate of drug-likeness (QED) is 0.905. The first-order valence-corrected chi connectivity index (χ1v) is 6.06. The van der Waals surface area contributed by atoms with Gasteiger partial charge in [-0.25, -0.2) is 0 Å². The first-order valence-electron chi connectivity index (χ1n) is 5.25. The van der Waals surface area contributed by atoms with Crippen LogP contribution in [0.2, 0.25) is 0 Å². The van der Waals surface area contributed by atoms with E-state index in [1.54, 1.807) is 0 Å². The molecule has 0 bridgehead atoms. The van der Waals surface area contributed by atoms with Crippen molar-refractivity contribution in [2.24, 2.45) is 0 Å². The van der Waals surface area contributed by atoms with Crippen LogP contribution in [0.25, 0.3) is 0 Å². The SMILES string of the molecule is CC(=O)Nc1ccc(C(F)(F)c2nnc(N)s2)cc1. The molecule has 5 nitrogen and oxygen atoms in total. The number of carbonyl (C=O) groups excluding carboxylic acids is 1. The molecule has 0 saturated heterocycles. The largest absolute Gasteiger partial charge is 0.374 e. The molecule has 1 heterocycles. The van der Waals surface area contributed by atoms with Crippen molar-refractivity contribution >= 4 is 28.1 Å². The van der Waals surface area contributed by atoms with Crippen LogP contribution in [0.15, 0.2) is 24.3 Å². The van der Waals surface area contributed by atoms with Gasteiger partial charge in [-0.3, -0.25) is 4.79 Å². The molecule has 1 aromatic carbocycles. The van der Waals surface area contributed by atoms with Crippen molar-refractivity contribution in [3.63, 3.8) is 0 Å². The highest BCUT2D eigenvalue weighted by molar-refractivity contribution is 7.15. The van der Waals surface area contributed by atoms with E-state index < -0.39 is 10.9 Å². The molecular formula is C11H10F2N4OS. The van der Waals surface area contributed by atoms with Crippen LogP contribution in [0.1, 0.15) is 17.5 Å². The maximum Gasteiger partial charge on any atom is 0.326 e. The lowest BCUT2D eigenvalue weighted by Gasteiger charge is -2.13. The fourth-order valence-corrected chi connectivity index (χ4v) is 2.06. The minimum atomic E-state index is -3.26. The highest BCUT2D eigenvalue weighted by Crippen LogP contribution is 2.37. The smallest absolute Gasteiger partial charge is 0.326 e. The molecule has 0 spiro atoms. The summed E-state index contributed by atoms with van der Waals surface area (Å²) in [5.74, 6) is -3.53. The summed E-state index contributed by atoms with van der Waals surface area (Å²) in [5.41, 5.74) is 5.51. The third-order valence-corrected chi connectivity index (χ3v) is 3.10. The molecule has 1 aromatic heterocycles. The van der Waals surface area contributed by atoms with Gasteiger partial charge in [-0.05, 0) is 12.1 Å². The second kappa shape index (κ2) is 4.88. The van der Waals surface area contributed by atoms with Crippen LogP contribution < -0.4 is 11.1 Å². The van der Waals surface area contributed by atoms with Crippen LogP contribution in [0.3, 0.4) is 0 Å². The molecule has 0 atom stereocenters. The number of halogens is 2. The van der Waals surface area contributed by atoms with Crippen LogP contribution in [-0.2, 0) is 10.7 Å². The van der Waals surface area contributed by atoms with Crippen molar-refractivity contribution in [3.8, 4) is 0 Å². The molecule has 19 heavy (non-hydrogen) atoms. The molecule has 0 fully saturated rings. The number of hydrogen-bond acceptors (Lipinski definition) is 5. The van der Waals surface area contributed by atoms with E-state index in [9.17, 15) is 13.6 Å². The highest BCUT2D eigenvalue weighted by atomic mass is 32.1. The minimum absolute atomic E-state index is 0.00968. The molecule has 8 heteroatoms. The van der Waals surface area contributed by atoms with E-state index in [0.29, 0.717) is 17.0 Å². The van der Waals surface area contributed by atoms with Gasteiger partial charge >= 0.3 is 5.92 Å². The predicted octanol–water partition coefficient (Wildman–Crippen LogP) is 2.22. The molecular weight excluding hydrogens is 274 g/mol. The second-order valence-corrected chi connectivity index (χ2v) is 4.79. The van der Waals surface area contributed by atoms with Crippen molar-refractivity contribution in [2.45, 2.75) is 12.8 Å². The van der Waals surface area contributed by atoms with Crippen LogP contribution in [0, 0.1) is 0 Å². The molecule has 0 aliphatic rings. The summed E-state index contributed by atoms with van der Waals surface area (Å²) >= 11 is 0.640. The monoisotopic (exact) mass is 284 g/mol. The van der Waals surface area contributed by atoms with E-state index in [0.717, 1.165) is 0 Å². The summed E-state index contributed by atoms with van der Waals surface area (Å²) in [6.07, 6.45) is 0. The maximum absolute atomic E-state index is 14.1. The van der Waals surface area contributed by atoms with Crippen LogP contribution in [0.5, 0.6) is 0 Å². The zero-order chi connectivity index (χ0) is 14.0. The van der Waals surface area contributed by atoms with Gasteiger partial charge < -0.3 is 11.1 Å². The van der Waals surface area contributed by atoms with Gasteiger partial charge in [0.25, 0.3) is 0 Å². The average molecular weight is 284 g/mol. The average Bonchev–Trinajstić information content (AvgIpc) is 2.76. The van der Waals surface area contributed by atoms with Crippen molar-refractivity contribution in [2.75, 3.05) is 11.1 Å². The Kier molecular flexibility index (Phi) is 3.43. The van der Waals surface area contributed by atoms with Crippen molar-refractivity contribution in [1.29, 1.82) is 0 Å². The second-order valence-electron chi connectivity index (χ2n) is 3.78. The number of nitrogens with zero attached hydrogens (tertiary/aromatic N) is 2. The molecule has 0 aliphatic carbocycles. The predicted molar refractivity (Wildman–Crippen MR) is 68.1 cm³/mol. The van der Waals surface area contributed by atoms with Crippen molar-refractivity contribution in [1.82, 2.24) is 10.2 Å². The first-order chi connectivity index (χ1) is 8.89. The summed E-state index contributed by atoms with van der Waals surface area (Å²) in [6, 6.07) is 5.25. The van der Waals surface area contributed by atoms with Crippen molar-refractivity contribution in [3.05, 3.63) is 34.8 Å². The normalized spacial score (nSPS) is 11.3. The van der Waals surface area contributed by atoms with E-state index in [-0.39, 0.29) is 16.6 Å². The summed E-state index contributed by atoms with van der Waals surface area (Å²) in [5, 5.41) is 8.76. The molecule has 2 aromatic rings. The molecule has 1 amide bonds. The molecule has 100 valence electrons. The summed E-state index contributed by atoms with van der Waals surface area (Å²) in [4.78, 5) is 10.8. The van der Waals surface area contributed by atoms with Crippen molar-refractivity contribution < 1.29 is 13.6 Å². The fraction of sp³-hybridized carbons (Fsp3) is 0.182. The Labute approximate surface area is 111 Å². The molecule has 0 saturated carbocycles. The number of nitrogens with two attached hydrogens (primary N) is 1. The van der Waals surface area contributed by atoms with Gasteiger partial charge in [-0.1, -0.05) is 23.5 Å². The number of carbonyl (C=O) groups is 1. The Morgan fingerprint density at radius 2 is 1.95 bits per heavy atom.